The molecule has 0 bridgehead atoms. The van der Waals surface area contributed by atoms with Gasteiger partial charge in [0.25, 0.3) is 0 Å². The Labute approximate surface area is 118 Å². The van der Waals surface area contributed by atoms with Crippen LogP contribution in [0.1, 0.15) is 4.88 Å². The molecule has 0 unspecified atom stereocenters. The lowest BCUT2D eigenvalue weighted by Gasteiger charge is -2.04. The molecular weight excluding hydrogens is 289 g/mol. The maximum absolute atomic E-state index is 6.10. The van der Waals surface area contributed by atoms with E-state index in [-0.39, 0.29) is 0 Å². The van der Waals surface area contributed by atoms with Crippen LogP contribution in [0.4, 0.5) is 5.95 Å². The molecule has 0 saturated carbocycles. The molecule has 0 aliphatic carbocycles. The quantitative estimate of drug-likeness (QED) is 0.776. The van der Waals surface area contributed by atoms with Gasteiger partial charge in [0.1, 0.15) is 5.52 Å². The van der Waals surface area contributed by atoms with Crippen LogP contribution in [0, 0.1) is 0 Å². The van der Waals surface area contributed by atoms with Crippen LogP contribution >= 0.6 is 34.5 Å². The van der Waals surface area contributed by atoms with Crippen LogP contribution in [0.25, 0.3) is 11.0 Å². The van der Waals surface area contributed by atoms with Crippen molar-refractivity contribution in [3.05, 3.63) is 44.6 Å². The normalized spacial score (nSPS) is 11.2. The smallest absolute Gasteiger partial charge is 0.201 e. The summed E-state index contributed by atoms with van der Waals surface area (Å²) in [5.41, 5.74) is 7.61. The molecule has 0 saturated heterocycles. The van der Waals surface area contributed by atoms with Gasteiger partial charge in [0, 0.05) is 4.88 Å². The maximum Gasteiger partial charge on any atom is 0.201 e. The summed E-state index contributed by atoms with van der Waals surface area (Å²) in [6, 6.07) is 9.53. The van der Waals surface area contributed by atoms with Gasteiger partial charge in [0.15, 0.2) is 0 Å². The number of para-hydroxylation sites is 1. The Balaban J connectivity index is 2.11. The van der Waals surface area contributed by atoms with Gasteiger partial charge in [0.05, 0.1) is 21.4 Å². The van der Waals surface area contributed by atoms with E-state index in [0.717, 1.165) is 20.2 Å². The number of rotatable bonds is 2. The van der Waals surface area contributed by atoms with Crippen LogP contribution in [0.2, 0.25) is 9.36 Å². The topological polar surface area (TPSA) is 43.8 Å². The summed E-state index contributed by atoms with van der Waals surface area (Å²) in [7, 11) is 0. The summed E-state index contributed by atoms with van der Waals surface area (Å²) in [6.45, 7) is 0.653. The fourth-order valence-corrected chi connectivity index (χ4v) is 3.18. The number of nitrogen functional groups attached to an aromatic ring is 1. The Kier molecular flexibility index (Phi) is 2.93. The van der Waals surface area contributed by atoms with Gasteiger partial charge in [-0.15, -0.1) is 11.3 Å². The van der Waals surface area contributed by atoms with E-state index in [0.29, 0.717) is 17.5 Å². The lowest BCUT2D eigenvalue weighted by atomic mass is 10.3. The molecule has 1 aromatic carbocycles. The van der Waals surface area contributed by atoms with Gasteiger partial charge in [-0.25, -0.2) is 4.98 Å². The second-order valence-corrected chi connectivity index (χ2v) is 6.08. The molecule has 3 rings (SSSR count). The highest BCUT2D eigenvalue weighted by Gasteiger charge is 2.11. The highest BCUT2D eigenvalue weighted by Crippen LogP contribution is 2.28. The number of nitrogens with two attached hydrogens (primary N) is 1. The second kappa shape index (κ2) is 4.46. The molecule has 0 spiro atoms. The number of imidazole rings is 1. The van der Waals surface area contributed by atoms with Crippen molar-refractivity contribution in [2.45, 2.75) is 6.54 Å². The standard InChI is InChI=1S/C12H9Cl2N3S/c13-8-2-1-3-9-11(8)16-12(15)17(9)6-7-4-5-10(14)18-7/h1-5H,6H2,(H2,15,16). The number of benzene rings is 1. The van der Waals surface area contributed by atoms with Gasteiger partial charge in [-0.3, -0.25) is 0 Å². The highest BCUT2D eigenvalue weighted by molar-refractivity contribution is 7.16. The number of nitrogens with zero attached hydrogens (tertiary/aromatic N) is 2. The fourth-order valence-electron chi connectivity index (χ4n) is 1.89. The van der Waals surface area contributed by atoms with Crippen LogP contribution in [0.5, 0.6) is 0 Å². The zero-order valence-corrected chi connectivity index (χ0v) is 11.6. The van der Waals surface area contributed by atoms with Gasteiger partial charge in [-0.05, 0) is 24.3 Å². The SMILES string of the molecule is Nc1nc2c(Cl)cccc2n1Cc1ccc(Cl)s1. The molecule has 0 aliphatic rings. The number of halogens is 2. The third kappa shape index (κ3) is 1.96. The molecule has 92 valence electrons. The molecule has 0 aliphatic heterocycles. The number of anilines is 1. The minimum atomic E-state index is 0.461. The van der Waals surface area contributed by atoms with Crippen molar-refractivity contribution in [3.63, 3.8) is 0 Å². The van der Waals surface area contributed by atoms with E-state index in [1.165, 1.54) is 11.3 Å². The molecule has 0 amide bonds. The molecule has 18 heavy (non-hydrogen) atoms. The summed E-state index contributed by atoms with van der Waals surface area (Å²) in [4.78, 5) is 5.43. The van der Waals surface area contributed by atoms with Crippen LogP contribution in [0.3, 0.4) is 0 Å². The first-order valence-electron chi connectivity index (χ1n) is 5.29. The Hall–Kier alpha value is -1.23. The minimum absolute atomic E-state index is 0.461. The lowest BCUT2D eigenvalue weighted by Crippen LogP contribution is -2.03. The zero-order chi connectivity index (χ0) is 12.7. The van der Waals surface area contributed by atoms with Crippen molar-refractivity contribution < 1.29 is 0 Å². The Morgan fingerprint density at radius 3 is 2.78 bits per heavy atom. The molecule has 2 N–H and O–H groups in total. The molecule has 3 aromatic rings. The maximum atomic E-state index is 6.10. The zero-order valence-electron chi connectivity index (χ0n) is 9.23. The van der Waals surface area contributed by atoms with Gasteiger partial charge in [0.2, 0.25) is 5.95 Å². The van der Waals surface area contributed by atoms with Gasteiger partial charge < -0.3 is 10.3 Å². The fraction of sp³-hybridized carbons (Fsp3) is 0.0833. The Morgan fingerprint density at radius 1 is 1.22 bits per heavy atom. The predicted molar refractivity (Wildman–Crippen MR) is 77.6 cm³/mol. The van der Waals surface area contributed by atoms with E-state index in [2.05, 4.69) is 4.98 Å². The van der Waals surface area contributed by atoms with Crippen molar-refractivity contribution in [2.24, 2.45) is 0 Å². The average Bonchev–Trinajstić information content (AvgIpc) is 2.87. The second-order valence-electron chi connectivity index (χ2n) is 3.87. The van der Waals surface area contributed by atoms with E-state index in [9.17, 15) is 0 Å². The molecule has 0 atom stereocenters. The molecule has 2 heterocycles. The van der Waals surface area contributed by atoms with Crippen LogP contribution < -0.4 is 5.73 Å². The van der Waals surface area contributed by atoms with E-state index in [1.54, 1.807) is 0 Å². The third-order valence-electron chi connectivity index (χ3n) is 2.70. The molecule has 0 fully saturated rings. The van der Waals surface area contributed by atoms with Gasteiger partial charge >= 0.3 is 0 Å². The first-order valence-corrected chi connectivity index (χ1v) is 6.87. The van der Waals surface area contributed by atoms with Crippen molar-refractivity contribution in [3.8, 4) is 0 Å². The number of hydrogen-bond donors (Lipinski definition) is 1. The summed E-state index contributed by atoms with van der Waals surface area (Å²) < 4.78 is 2.70. The van der Waals surface area contributed by atoms with Gasteiger partial charge in [-0.1, -0.05) is 29.3 Å². The summed E-state index contributed by atoms with van der Waals surface area (Å²) in [5, 5.41) is 0.613. The number of hydrogen-bond acceptors (Lipinski definition) is 3. The summed E-state index contributed by atoms with van der Waals surface area (Å²) >= 11 is 13.6. The minimum Gasteiger partial charge on any atom is -0.369 e. The van der Waals surface area contributed by atoms with E-state index >= 15 is 0 Å². The Morgan fingerprint density at radius 2 is 2.06 bits per heavy atom. The van der Waals surface area contributed by atoms with Crippen LogP contribution in [-0.2, 0) is 6.54 Å². The Bertz CT molecular complexity index is 717. The molecule has 6 heteroatoms. The predicted octanol–water partition coefficient (Wildman–Crippen LogP) is 4.04. The highest BCUT2D eigenvalue weighted by atomic mass is 35.5. The molecule has 3 nitrogen and oxygen atoms in total. The van der Waals surface area contributed by atoms with Crippen molar-refractivity contribution in [1.29, 1.82) is 0 Å². The first kappa shape index (κ1) is 11.8. The first-order chi connectivity index (χ1) is 8.65. The third-order valence-corrected chi connectivity index (χ3v) is 4.22. The van der Waals surface area contributed by atoms with Crippen molar-refractivity contribution >= 4 is 51.5 Å². The summed E-state index contributed by atoms with van der Waals surface area (Å²) in [5.74, 6) is 0.461. The number of aromatic nitrogens is 2. The number of thiophene rings is 1. The lowest BCUT2D eigenvalue weighted by molar-refractivity contribution is 0.853. The monoisotopic (exact) mass is 297 g/mol. The van der Waals surface area contributed by atoms with E-state index < -0.39 is 0 Å². The van der Waals surface area contributed by atoms with E-state index in [4.69, 9.17) is 28.9 Å². The van der Waals surface area contributed by atoms with Crippen LogP contribution in [-0.4, -0.2) is 9.55 Å². The average molecular weight is 298 g/mol. The summed E-state index contributed by atoms with van der Waals surface area (Å²) in [6.07, 6.45) is 0. The largest absolute Gasteiger partial charge is 0.369 e. The molecular formula is C12H9Cl2N3S. The van der Waals surface area contributed by atoms with Crippen molar-refractivity contribution in [1.82, 2.24) is 9.55 Å². The molecule has 2 aromatic heterocycles. The van der Waals surface area contributed by atoms with Gasteiger partial charge in [-0.2, -0.15) is 0 Å². The van der Waals surface area contributed by atoms with E-state index in [1.807, 2.05) is 34.9 Å². The molecule has 0 radical (unpaired) electrons. The number of fused-ring (bicyclic) bond motifs is 1. The van der Waals surface area contributed by atoms with Crippen molar-refractivity contribution in [2.75, 3.05) is 5.73 Å². The van der Waals surface area contributed by atoms with Crippen LogP contribution in [0.15, 0.2) is 30.3 Å².